The van der Waals surface area contributed by atoms with Gasteiger partial charge in [0.1, 0.15) is 0 Å². The predicted molar refractivity (Wildman–Crippen MR) is 97.6 cm³/mol. The van der Waals surface area contributed by atoms with Crippen LogP contribution in [0.2, 0.25) is 0 Å². The van der Waals surface area contributed by atoms with Gasteiger partial charge in [-0.3, -0.25) is 4.99 Å². The molecule has 0 N–H and O–H groups in total. The smallest absolute Gasteiger partial charge is 0.0819 e. The van der Waals surface area contributed by atoms with E-state index in [9.17, 15) is 0 Å². The molecule has 0 bridgehead atoms. The van der Waals surface area contributed by atoms with Crippen molar-refractivity contribution in [1.82, 2.24) is 0 Å². The molecule has 2 unspecified atom stereocenters. The van der Waals surface area contributed by atoms with Crippen molar-refractivity contribution >= 4 is 6.21 Å². The standard InChI is InChI=1S/C21H31N/c1-4-15-21(16-8-17-22-21)20(13-11-18(2)3)14-12-19-9-6-5-7-10-19/h5-10,16-18,20H,4,11-15H2,1-3H3. The van der Waals surface area contributed by atoms with Crippen LogP contribution in [-0.4, -0.2) is 11.8 Å². The largest absolute Gasteiger partial charge is 0.282 e. The molecule has 0 fully saturated rings. The topological polar surface area (TPSA) is 12.4 Å². The summed E-state index contributed by atoms with van der Waals surface area (Å²) in [6.45, 7) is 6.93. The first-order valence-corrected chi connectivity index (χ1v) is 8.93. The molecule has 1 heteroatoms. The quantitative estimate of drug-likeness (QED) is 0.542. The third kappa shape index (κ3) is 4.56. The summed E-state index contributed by atoms with van der Waals surface area (Å²) >= 11 is 0. The number of rotatable bonds is 9. The Morgan fingerprint density at radius 2 is 1.82 bits per heavy atom. The number of aliphatic imine (C=N–C) groups is 1. The van der Waals surface area contributed by atoms with E-state index >= 15 is 0 Å². The molecule has 0 saturated heterocycles. The lowest BCUT2D eigenvalue weighted by Gasteiger charge is -2.34. The Morgan fingerprint density at radius 3 is 2.41 bits per heavy atom. The van der Waals surface area contributed by atoms with E-state index in [1.54, 1.807) is 0 Å². The lowest BCUT2D eigenvalue weighted by molar-refractivity contribution is 0.266. The molecule has 0 saturated carbocycles. The van der Waals surface area contributed by atoms with E-state index in [4.69, 9.17) is 4.99 Å². The Bertz CT molecular complexity index is 472. The minimum Gasteiger partial charge on any atom is -0.282 e. The van der Waals surface area contributed by atoms with Crippen molar-refractivity contribution in [3.63, 3.8) is 0 Å². The summed E-state index contributed by atoms with van der Waals surface area (Å²) in [5.74, 6) is 1.43. The first-order valence-electron chi connectivity index (χ1n) is 8.93. The van der Waals surface area contributed by atoms with Crippen molar-refractivity contribution in [2.45, 2.75) is 64.8 Å². The van der Waals surface area contributed by atoms with Crippen LogP contribution in [0.3, 0.4) is 0 Å². The molecule has 0 radical (unpaired) electrons. The summed E-state index contributed by atoms with van der Waals surface area (Å²) in [4.78, 5) is 4.91. The van der Waals surface area contributed by atoms with E-state index in [0.29, 0.717) is 5.92 Å². The van der Waals surface area contributed by atoms with E-state index in [0.717, 1.165) is 5.92 Å². The molecule has 1 heterocycles. The fraction of sp³-hybridized carbons (Fsp3) is 0.571. The Kier molecular flexibility index (Phi) is 6.42. The second-order valence-corrected chi connectivity index (χ2v) is 7.07. The Morgan fingerprint density at radius 1 is 1.05 bits per heavy atom. The molecule has 1 aromatic rings. The van der Waals surface area contributed by atoms with Crippen LogP contribution in [0, 0.1) is 11.8 Å². The molecule has 1 aliphatic heterocycles. The summed E-state index contributed by atoms with van der Waals surface area (Å²) in [5, 5.41) is 0. The highest BCUT2D eigenvalue weighted by Gasteiger charge is 2.35. The van der Waals surface area contributed by atoms with Gasteiger partial charge in [-0.15, -0.1) is 0 Å². The van der Waals surface area contributed by atoms with Crippen molar-refractivity contribution in [2.24, 2.45) is 16.8 Å². The fourth-order valence-electron chi connectivity index (χ4n) is 3.59. The Balaban J connectivity index is 2.07. The fourth-order valence-corrected chi connectivity index (χ4v) is 3.59. The van der Waals surface area contributed by atoms with Crippen molar-refractivity contribution in [2.75, 3.05) is 0 Å². The molecule has 22 heavy (non-hydrogen) atoms. The summed E-state index contributed by atoms with van der Waals surface area (Å²) < 4.78 is 0. The van der Waals surface area contributed by atoms with Gasteiger partial charge in [0, 0.05) is 6.21 Å². The number of hydrogen-bond donors (Lipinski definition) is 0. The highest BCUT2D eigenvalue weighted by molar-refractivity contribution is 5.75. The average Bonchev–Trinajstić information content (AvgIpc) is 2.98. The minimum absolute atomic E-state index is 0.0679. The number of allylic oxidation sites excluding steroid dienone is 1. The van der Waals surface area contributed by atoms with Crippen molar-refractivity contribution in [3.05, 3.63) is 48.0 Å². The average molecular weight is 297 g/mol. The summed E-state index contributed by atoms with van der Waals surface area (Å²) in [6, 6.07) is 10.9. The zero-order chi connectivity index (χ0) is 15.8. The zero-order valence-electron chi connectivity index (χ0n) is 14.5. The summed E-state index contributed by atoms with van der Waals surface area (Å²) in [6.07, 6.45) is 13.9. The first kappa shape index (κ1) is 17.0. The lowest BCUT2D eigenvalue weighted by atomic mass is 9.75. The van der Waals surface area contributed by atoms with E-state index in [1.165, 1.54) is 44.1 Å². The monoisotopic (exact) mass is 297 g/mol. The molecular weight excluding hydrogens is 266 g/mol. The number of hydrogen-bond acceptors (Lipinski definition) is 1. The number of aryl methyl sites for hydroxylation is 1. The second kappa shape index (κ2) is 8.31. The van der Waals surface area contributed by atoms with Crippen LogP contribution in [0.25, 0.3) is 0 Å². The maximum atomic E-state index is 4.91. The third-order valence-electron chi connectivity index (χ3n) is 4.86. The van der Waals surface area contributed by atoms with Gasteiger partial charge < -0.3 is 0 Å². The van der Waals surface area contributed by atoms with Crippen LogP contribution >= 0.6 is 0 Å². The van der Waals surface area contributed by atoms with Gasteiger partial charge in [-0.1, -0.05) is 70.0 Å². The number of nitrogens with zero attached hydrogens (tertiary/aromatic N) is 1. The van der Waals surface area contributed by atoms with Gasteiger partial charge in [0.15, 0.2) is 0 Å². The molecule has 1 nitrogen and oxygen atoms in total. The molecule has 0 amide bonds. The molecule has 0 aromatic heterocycles. The van der Waals surface area contributed by atoms with Crippen LogP contribution in [0.1, 0.15) is 58.4 Å². The van der Waals surface area contributed by atoms with Crippen LogP contribution in [0.5, 0.6) is 0 Å². The van der Waals surface area contributed by atoms with Gasteiger partial charge in [-0.05, 0) is 49.2 Å². The van der Waals surface area contributed by atoms with Gasteiger partial charge in [-0.2, -0.15) is 0 Å². The van der Waals surface area contributed by atoms with Crippen LogP contribution in [0.15, 0.2) is 47.5 Å². The van der Waals surface area contributed by atoms with Crippen LogP contribution < -0.4 is 0 Å². The van der Waals surface area contributed by atoms with E-state index in [2.05, 4.69) is 63.3 Å². The summed E-state index contributed by atoms with van der Waals surface area (Å²) in [5.41, 5.74) is 1.52. The highest BCUT2D eigenvalue weighted by atomic mass is 14.9. The van der Waals surface area contributed by atoms with Crippen molar-refractivity contribution in [3.8, 4) is 0 Å². The Labute approximate surface area is 136 Å². The van der Waals surface area contributed by atoms with Gasteiger partial charge in [0.05, 0.1) is 5.54 Å². The second-order valence-electron chi connectivity index (χ2n) is 7.07. The van der Waals surface area contributed by atoms with Gasteiger partial charge in [0.2, 0.25) is 0 Å². The summed E-state index contributed by atoms with van der Waals surface area (Å²) in [7, 11) is 0. The molecule has 120 valence electrons. The van der Waals surface area contributed by atoms with E-state index in [-0.39, 0.29) is 5.54 Å². The normalized spacial score (nSPS) is 21.6. The molecule has 1 aliphatic rings. The van der Waals surface area contributed by atoms with E-state index < -0.39 is 0 Å². The number of benzene rings is 1. The third-order valence-corrected chi connectivity index (χ3v) is 4.86. The maximum Gasteiger partial charge on any atom is 0.0819 e. The molecule has 1 aromatic carbocycles. The van der Waals surface area contributed by atoms with Gasteiger partial charge >= 0.3 is 0 Å². The molecule has 2 atom stereocenters. The molecule has 0 aliphatic carbocycles. The first-order chi connectivity index (χ1) is 10.7. The van der Waals surface area contributed by atoms with Gasteiger partial charge in [0.25, 0.3) is 0 Å². The van der Waals surface area contributed by atoms with Gasteiger partial charge in [-0.25, -0.2) is 0 Å². The lowest BCUT2D eigenvalue weighted by Crippen LogP contribution is -2.33. The molecule has 0 spiro atoms. The Hall–Kier alpha value is -1.37. The molecular formula is C21H31N. The SMILES string of the molecule is CCCC1(C(CCc2ccccc2)CCC(C)C)C=CC=N1. The minimum atomic E-state index is 0.0679. The maximum absolute atomic E-state index is 4.91. The van der Waals surface area contributed by atoms with Crippen LogP contribution in [-0.2, 0) is 6.42 Å². The highest BCUT2D eigenvalue weighted by Crippen LogP contribution is 2.38. The zero-order valence-corrected chi connectivity index (χ0v) is 14.5. The van der Waals surface area contributed by atoms with E-state index in [1.807, 2.05) is 6.21 Å². The molecule has 2 rings (SSSR count). The van der Waals surface area contributed by atoms with Crippen LogP contribution in [0.4, 0.5) is 0 Å². The predicted octanol–water partition coefficient (Wildman–Crippen LogP) is 5.85. The van der Waals surface area contributed by atoms with Crippen molar-refractivity contribution in [1.29, 1.82) is 0 Å². The van der Waals surface area contributed by atoms with Crippen molar-refractivity contribution < 1.29 is 0 Å².